The summed E-state index contributed by atoms with van der Waals surface area (Å²) in [4.78, 5) is 10.3. The third-order valence-electron chi connectivity index (χ3n) is 2.45. The van der Waals surface area contributed by atoms with Crippen molar-refractivity contribution in [1.82, 2.24) is 0 Å². The second-order valence-electron chi connectivity index (χ2n) is 3.94. The Kier molecular flexibility index (Phi) is 4.72. The molecule has 0 atom stereocenters. The predicted molar refractivity (Wildman–Crippen MR) is 79.2 cm³/mol. The standard InChI is InChI=1S/C13H8Br2FNO3/c14-9-4-10(16)6-11(5-9)20-7-8-1-2-12(15)13(3-8)17(18)19/h1-6H,7H2. The van der Waals surface area contributed by atoms with Crippen molar-refractivity contribution in [2.45, 2.75) is 6.61 Å². The molecule has 2 aromatic rings. The van der Waals surface area contributed by atoms with Gasteiger partial charge < -0.3 is 4.74 Å². The van der Waals surface area contributed by atoms with E-state index in [0.717, 1.165) is 0 Å². The molecule has 0 heterocycles. The summed E-state index contributed by atoms with van der Waals surface area (Å²) in [5.41, 5.74) is 0.590. The molecule has 0 aliphatic rings. The Morgan fingerprint density at radius 3 is 2.60 bits per heavy atom. The fourth-order valence-corrected chi connectivity index (χ4v) is 2.40. The van der Waals surface area contributed by atoms with Crippen LogP contribution in [0.3, 0.4) is 0 Å². The molecule has 104 valence electrons. The van der Waals surface area contributed by atoms with E-state index in [9.17, 15) is 14.5 Å². The summed E-state index contributed by atoms with van der Waals surface area (Å²) in [7, 11) is 0. The maximum Gasteiger partial charge on any atom is 0.283 e. The fourth-order valence-electron chi connectivity index (χ4n) is 1.57. The molecule has 0 spiro atoms. The number of nitro benzene ring substituents is 1. The van der Waals surface area contributed by atoms with Crippen LogP contribution in [0.4, 0.5) is 10.1 Å². The third-order valence-corrected chi connectivity index (χ3v) is 3.58. The molecule has 0 bridgehead atoms. The summed E-state index contributed by atoms with van der Waals surface area (Å²) >= 11 is 6.27. The second-order valence-corrected chi connectivity index (χ2v) is 5.71. The van der Waals surface area contributed by atoms with Gasteiger partial charge in [0, 0.05) is 16.6 Å². The molecule has 7 heteroatoms. The van der Waals surface area contributed by atoms with Crippen LogP contribution >= 0.6 is 31.9 Å². The van der Waals surface area contributed by atoms with Gasteiger partial charge in [-0.3, -0.25) is 10.1 Å². The Bertz CT molecular complexity index is 644. The van der Waals surface area contributed by atoms with Crippen molar-refractivity contribution in [2.75, 3.05) is 0 Å². The van der Waals surface area contributed by atoms with Crippen molar-refractivity contribution in [2.24, 2.45) is 0 Å². The average Bonchev–Trinajstić information content (AvgIpc) is 2.36. The van der Waals surface area contributed by atoms with E-state index in [0.29, 0.717) is 20.3 Å². The van der Waals surface area contributed by atoms with E-state index >= 15 is 0 Å². The maximum atomic E-state index is 13.2. The van der Waals surface area contributed by atoms with Crippen molar-refractivity contribution < 1.29 is 14.1 Å². The Morgan fingerprint density at radius 1 is 1.20 bits per heavy atom. The summed E-state index contributed by atoms with van der Waals surface area (Å²) in [6.07, 6.45) is 0. The lowest BCUT2D eigenvalue weighted by Crippen LogP contribution is -1.98. The van der Waals surface area contributed by atoms with Crippen LogP contribution in [-0.2, 0) is 6.61 Å². The molecule has 2 aromatic carbocycles. The highest BCUT2D eigenvalue weighted by molar-refractivity contribution is 9.10. The molecule has 0 saturated heterocycles. The summed E-state index contributed by atoms with van der Waals surface area (Å²) in [5, 5.41) is 10.8. The number of rotatable bonds is 4. The monoisotopic (exact) mass is 403 g/mol. The number of nitrogens with zero attached hydrogens (tertiary/aromatic N) is 1. The van der Waals surface area contributed by atoms with E-state index < -0.39 is 10.7 Å². The lowest BCUT2D eigenvalue weighted by molar-refractivity contribution is -0.385. The molecule has 0 amide bonds. The zero-order chi connectivity index (χ0) is 14.7. The summed E-state index contributed by atoms with van der Waals surface area (Å²) in [6.45, 7) is 0.115. The van der Waals surface area contributed by atoms with Crippen molar-refractivity contribution in [3.05, 3.63) is 66.8 Å². The Morgan fingerprint density at radius 2 is 1.95 bits per heavy atom. The Balaban J connectivity index is 2.14. The van der Waals surface area contributed by atoms with Crippen LogP contribution < -0.4 is 4.74 Å². The number of hydrogen-bond acceptors (Lipinski definition) is 3. The van der Waals surface area contributed by atoms with Gasteiger partial charge in [0.05, 0.1) is 9.40 Å². The zero-order valence-electron chi connectivity index (χ0n) is 9.98. The van der Waals surface area contributed by atoms with Crippen LogP contribution in [0.25, 0.3) is 0 Å². The van der Waals surface area contributed by atoms with Gasteiger partial charge in [-0.05, 0) is 39.7 Å². The van der Waals surface area contributed by atoms with Crippen LogP contribution in [0.1, 0.15) is 5.56 Å². The van der Waals surface area contributed by atoms with Gasteiger partial charge >= 0.3 is 0 Å². The van der Waals surface area contributed by atoms with Gasteiger partial charge in [-0.2, -0.15) is 0 Å². The quantitative estimate of drug-likeness (QED) is 0.541. The second kappa shape index (κ2) is 6.32. The lowest BCUT2D eigenvalue weighted by atomic mass is 10.2. The van der Waals surface area contributed by atoms with Crippen molar-refractivity contribution >= 4 is 37.5 Å². The predicted octanol–water partition coefficient (Wildman–Crippen LogP) is 4.84. The van der Waals surface area contributed by atoms with Crippen LogP contribution in [-0.4, -0.2) is 4.92 Å². The normalized spacial score (nSPS) is 10.3. The summed E-state index contributed by atoms with van der Waals surface area (Å²) in [6, 6.07) is 8.88. The van der Waals surface area contributed by atoms with E-state index in [1.54, 1.807) is 18.2 Å². The third kappa shape index (κ3) is 3.77. The number of halogens is 3. The molecule has 0 aliphatic heterocycles. The SMILES string of the molecule is O=[N+]([O-])c1cc(COc2cc(F)cc(Br)c2)ccc1Br. The smallest absolute Gasteiger partial charge is 0.283 e. The topological polar surface area (TPSA) is 52.4 Å². The Hall–Kier alpha value is -1.47. The van der Waals surface area contributed by atoms with Crippen LogP contribution in [0.5, 0.6) is 5.75 Å². The van der Waals surface area contributed by atoms with Gasteiger partial charge in [0.25, 0.3) is 5.69 Å². The first-order chi connectivity index (χ1) is 9.45. The van der Waals surface area contributed by atoms with E-state index in [4.69, 9.17) is 4.74 Å². The minimum atomic E-state index is -0.480. The molecule has 0 aromatic heterocycles. The van der Waals surface area contributed by atoms with Gasteiger partial charge in [0.15, 0.2) is 0 Å². The highest BCUT2D eigenvalue weighted by Gasteiger charge is 2.12. The highest BCUT2D eigenvalue weighted by Crippen LogP contribution is 2.27. The van der Waals surface area contributed by atoms with Gasteiger partial charge in [-0.25, -0.2) is 4.39 Å². The minimum absolute atomic E-state index is 0.0356. The number of benzene rings is 2. The van der Waals surface area contributed by atoms with Crippen LogP contribution in [0.2, 0.25) is 0 Å². The van der Waals surface area contributed by atoms with Gasteiger partial charge in [0.1, 0.15) is 18.2 Å². The molecule has 0 fully saturated rings. The first kappa shape index (κ1) is 14.9. The van der Waals surface area contributed by atoms with Crippen molar-refractivity contribution in [1.29, 1.82) is 0 Å². The molecule has 0 unspecified atom stereocenters. The largest absolute Gasteiger partial charge is 0.489 e. The summed E-state index contributed by atoms with van der Waals surface area (Å²) in [5.74, 6) is -0.0707. The molecule has 0 saturated carbocycles. The fraction of sp³-hybridized carbons (Fsp3) is 0.0769. The van der Waals surface area contributed by atoms with Crippen molar-refractivity contribution in [3.8, 4) is 5.75 Å². The van der Waals surface area contributed by atoms with Gasteiger partial charge in [-0.15, -0.1) is 0 Å². The lowest BCUT2D eigenvalue weighted by Gasteiger charge is -2.07. The summed E-state index contributed by atoms with van der Waals surface area (Å²) < 4.78 is 19.6. The average molecular weight is 405 g/mol. The van der Waals surface area contributed by atoms with Crippen LogP contribution in [0, 0.1) is 15.9 Å². The molecular weight excluding hydrogens is 397 g/mol. The molecule has 0 aliphatic carbocycles. The minimum Gasteiger partial charge on any atom is -0.489 e. The molecule has 0 N–H and O–H groups in total. The maximum absolute atomic E-state index is 13.2. The Labute approximate surface area is 131 Å². The van der Waals surface area contributed by atoms with E-state index in [1.165, 1.54) is 18.2 Å². The van der Waals surface area contributed by atoms with E-state index in [-0.39, 0.29) is 12.3 Å². The first-order valence-corrected chi connectivity index (χ1v) is 7.06. The first-order valence-electron chi connectivity index (χ1n) is 5.47. The van der Waals surface area contributed by atoms with Gasteiger partial charge in [-0.1, -0.05) is 22.0 Å². The van der Waals surface area contributed by atoms with Crippen molar-refractivity contribution in [3.63, 3.8) is 0 Å². The molecule has 0 radical (unpaired) electrons. The molecular formula is C13H8Br2FNO3. The van der Waals surface area contributed by atoms with E-state index in [2.05, 4.69) is 31.9 Å². The number of hydrogen-bond donors (Lipinski definition) is 0. The highest BCUT2D eigenvalue weighted by atomic mass is 79.9. The number of ether oxygens (including phenoxy) is 1. The molecule has 2 rings (SSSR count). The molecule has 20 heavy (non-hydrogen) atoms. The molecule has 4 nitrogen and oxygen atoms in total. The number of nitro groups is 1. The van der Waals surface area contributed by atoms with E-state index in [1.807, 2.05) is 0 Å². The van der Waals surface area contributed by atoms with Crippen LogP contribution in [0.15, 0.2) is 45.3 Å². The zero-order valence-corrected chi connectivity index (χ0v) is 13.1. The van der Waals surface area contributed by atoms with Gasteiger partial charge in [0.2, 0.25) is 0 Å².